The lowest BCUT2D eigenvalue weighted by Crippen LogP contribution is -2.16. The highest BCUT2D eigenvalue weighted by molar-refractivity contribution is 6.07. The number of hydrogen-bond acceptors (Lipinski definition) is 5. The van der Waals surface area contributed by atoms with Gasteiger partial charge in [0.1, 0.15) is 0 Å². The second-order valence-electron chi connectivity index (χ2n) is 6.49. The van der Waals surface area contributed by atoms with E-state index in [1.54, 1.807) is 0 Å². The predicted molar refractivity (Wildman–Crippen MR) is 106 cm³/mol. The van der Waals surface area contributed by atoms with Crippen molar-refractivity contribution in [1.29, 1.82) is 0 Å². The van der Waals surface area contributed by atoms with E-state index in [2.05, 4.69) is 29.4 Å². The molecule has 0 radical (unpaired) electrons. The molecule has 0 aliphatic heterocycles. The van der Waals surface area contributed by atoms with Gasteiger partial charge in [-0.2, -0.15) is 5.10 Å². The molecule has 0 bridgehead atoms. The van der Waals surface area contributed by atoms with Crippen LogP contribution in [0.3, 0.4) is 0 Å². The van der Waals surface area contributed by atoms with Crippen molar-refractivity contribution < 1.29 is 5.11 Å². The van der Waals surface area contributed by atoms with Crippen LogP contribution in [0.25, 0.3) is 21.9 Å². The number of hydrogen-bond donors (Lipinski definition) is 2. The number of nitrogens with one attached hydrogen (secondary N) is 1. The quantitative estimate of drug-likeness (QED) is 0.659. The minimum Gasteiger partial charge on any atom is -0.392 e. The van der Waals surface area contributed by atoms with E-state index in [-0.39, 0.29) is 19.0 Å². The zero-order valence-corrected chi connectivity index (χ0v) is 16.0. The van der Waals surface area contributed by atoms with E-state index in [1.807, 2.05) is 36.9 Å². The monoisotopic (exact) mass is 363 g/mol. The van der Waals surface area contributed by atoms with Crippen molar-refractivity contribution >= 4 is 40.0 Å². The second-order valence-corrected chi connectivity index (χ2v) is 6.49. The van der Waals surface area contributed by atoms with E-state index in [9.17, 15) is 5.11 Å². The lowest BCUT2D eigenvalue weighted by atomic mass is 10.1. The zero-order valence-electron chi connectivity index (χ0n) is 15.2. The van der Waals surface area contributed by atoms with Crippen molar-refractivity contribution in [1.82, 2.24) is 19.7 Å². The fourth-order valence-corrected chi connectivity index (χ4v) is 3.09. The summed E-state index contributed by atoms with van der Waals surface area (Å²) in [6.07, 6.45) is 1.06. The molecule has 136 valence electrons. The van der Waals surface area contributed by atoms with Gasteiger partial charge in [-0.3, -0.25) is 4.68 Å². The molecule has 0 aliphatic rings. The maximum atomic E-state index is 9.40. The summed E-state index contributed by atoms with van der Waals surface area (Å²) in [5.74, 6) is 0. The van der Waals surface area contributed by atoms with Gasteiger partial charge < -0.3 is 15.3 Å². The maximum Gasteiger partial charge on any atom is 0.160 e. The molecule has 0 saturated heterocycles. The minimum atomic E-state index is 0. The lowest BCUT2D eigenvalue weighted by Gasteiger charge is -2.14. The van der Waals surface area contributed by atoms with Crippen LogP contribution in [-0.4, -0.2) is 52.0 Å². The summed E-state index contributed by atoms with van der Waals surface area (Å²) in [7, 11) is 6.09. The Bertz CT molecular complexity index is 875. The van der Waals surface area contributed by atoms with Gasteiger partial charge in [-0.15, -0.1) is 12.4 Å². The molecule has 0 spiro atoms. The van der Waals surface area contributed by atoms with Gasteiger partial charge in [0.25, 0.3) is 0 Å². The fourth-order valence-electron chi connectivity index (χ4n) is 3.09. The molecule has 0 saturated carbocycles. The number of aromatic nitrogens is 3. The van der Waals surface area contributed by atoms with Gasteiger partial charge in [0.2, 0.25) is 0 Å². The van der Waals surface area contributed by atoms with E-state index in [1.165, 1.54) is 0 Å². The van der Waals surface area contributed by atoms with Crippen molar-refractivity contribution in [3.05, 3.63) is 29.5 Å². The fraction of sp³-hybridized carbons (Fsp3) is 0.444. The molecule has 0 unspecified atom stereocenters. The highest BCUT2D eigenvalue weighted by atomic mass is 35.5. The molecule has 25 heavy (non-hydrogen) atoms. The highest BCUT2D eigenvalue weighted by Crippen LogP contribution is 2.33. The molecule has 1 aromatic carbocycles. The summed E-state index contributed by atoms with van der Waals surface area (Å²) in [4.78, 5) is 6.95. The van der Waals surface area contributed by atoms with E-state index >= 15 is 0 Å². The average molecular weight is 364 g/mol. The van der Waals surface area contributed by atoms with E-state index in [0.29, 0.717) is 0 Å². The largest absolute Gasteiger partial charge is 0.392 e. The van der Waals surface area contributed by atoms with Crippen LogP contribution in [-0.2, 0) is 13.7 Å². The SMILES string of the molecule is Cc1nn(C)c2nc3cc(CO)ccc3c(NCCCN(C)C)c12.Cl. The maximum absolute atomic E-state index is 9.40. The van der Waals surface area contributed by atoms with Crippen LogP contribution < -0.4 is 5.32 Å². The average Bonchev–Trinajstić information content (AvgIpc) is 2.84. The van der Waals surface area contributed by atoms with Gasteiger partial charge in [-0.1, -0.05) is 12.1 Å². The number of nitrogens with zero attached hydrogens (tertiary/aromatic N) is 4. The number of aliphatic hydroxyl groups excluding tert-OH is 1. The number of rotatable bonds is 6. The first-order valence-corrected chi connectivity index (χ1v) is 8.26. The molecule has 2 aromatic heterocycles. The van der Waals surface area contributed by atoms with Crippen LogP contribution in [0.5, 0.6) is 0 Å². The molecule has 0 fully saturated rings. The zero-order chi connectivity index (χ0) is 17.3. The number of benzene rings is 1. The number of anilines is 1. The Morgan fingerprint density at radius 2 is 2.04 bits per heavy atom. The van der Waals surface area contributed by atoms with Crippen molar-refractivity contribution in [2.75, 3.05) is 32.5 Å². The number of fused-ring (bicyclic) bond motifs is 2. The van der Waals surface area contributed by atoms with Gasteiger partial charge in [-0.05, 0) is 45.6 Å². The second kappa shape index (κ2) is 7.99. The molecular weight excluding hydrogens is 338 g/mol. The molecular formula is C18H26ClN5O. The molecule has 6 nitrogen and oxygen atoms in total. The first-order valence-electron chi connectivity index (χ1n) is 8.26. The van der Waals surface area contributed by atoms with Crippen LogP contribution in [0.4, 0.5) is 5.69 Å². The van der Waals surface area contributed by atoms with Crippen molar-refractivity contribution in [2.24, 2.45) is 7.05 Å². The third kappa shape index (κ3) is 3.86. The topological polar surface area (TPSA) is 66.2 Å². The Hall–Kier alpha value is -1.89. The molecule has 7 heteroatoms. The van der Waals surface area contributed by atoms with Gasteiger partial charge >= 0.3 is 0 Å². The molecule has 2 N–H and O–H groups in total. The Labute approximate surface area is 154 Å². The Balaban J connectivity index is 0.00000225. The summed E-state index contributed by atoms with van der Waals surface area (Å²) < 4.78 is 1.82. The predicted octanol–water partition coefficient (Wildman–Crippen LogP) is 2.71. The molecule has 3 rings (SSSR count). The highest BCUT2D eigenvalue weighted by Gasteiger charge is 2.15. The summed E-state index contributed by atoms with van der Waals surface area (Å²) in [6.45, 7) is 3.97. The molecule has 3 aromatic rings. The minimum absolute atomic E-state index is 0. The smallest absolute Gasteiger partial charge is 0.160 e. The molecule has 2 heterocycles. The Kier molecular flexibility index (Phi) is 6.21. The summed E-state index contributed by atoms with van der Waals surface area (Å²) in [5.41, 5.74) is 4.68. The van der Waals surface area contributed by atoms with Gasteiger partial charge in [0.15, 0.2) is 5.65 Å². The Morgan fingerprint density at radius 1 is 1.28 bits per heavy atom. The van der Waals surface area contributed by atoms with Crippen molar-refractivity contribution in [3.63, 3.8) is 0 Å². The van der Waals surface area contributed by atoms with Crippen LogP contribution in [0, 0.1) is 6.92 Å². The van der Waals surface area contributed by atoms with Crippen LogP contribution in [0.2, 0.25) is 0 Å². The summed E-state index contributed by atoms with van der Waals surface area (Å²) in [6, 6.07) is 5.93. The third-order valence-corrected chi connectivity index (χ3v) is 4.27. The lowest BCUT2D eigenvalue weighted by molar-refractivity contribution is 0.282. The standard InChI is InChI=1S/C18H25N5O.ClH/c1-12-16-17(19-8-5-9-22(2)3)14-7-6-13(11-24)10-15(14)20-18(16)23(4)21-12;/h6-7,10,24H,5,8-9,11H2,1-4H3,(H,19,20);1H. The Morgan fingerprint density at radius 3 is 2.72 bits per heavy atom. The molecule has 0 aliphatic carbocycles. The van der Waals surface area contributed by atoms with Crippen LogP contribution in [0.15, 0.2) is 18.2 Å². The van der Waals surface area contributed by atoms with E-state index in [4.69, 9.17) is 4.98 Å². The van der Waals surface area contributed by atoms with Crippen molar-refractivity contribution in [3.8, 4) is 0 Å². The first-order chi connectivity index (χ1) is 11.5. The van der Waals surface area contributed by atoms with Crippen LogP contribution >= 0.6 is 12.4 Å². The van der Waals surface area contributed by atoms with Crippen molar-refractivity contribution in [2.45, 2.75) is 20.0 Å². The van der Waals surface area contributed by atoms with E-state index in [0.717, 1.165) is 58.4 Å². The number of aryl methyl sites for hydroxylation is 2. The first kappa shape index (κ1) is 19.4. The van der Waals surface area contributed by atoms with Gasteiger partial charge in [0.05, 0.1) is 28.9 Å². The van der Waals surface area contributed by atoms with Crippen LogP contribution in [0.1, 0.15) is 17.7 Å². The number of pyridine rings is 1. The summed E-state index contributed by atoms with van der Waals surface area (Å²) >= 11 is 0. The molecule has 0 atom stereocenters. The van der Waals surface area contributed by atoms with Gasteiger partial charge in [0, 0.05) is 19.0 Å². The summed E-state index contributed by atoms with van der Waals surface area (Å²) in [5, 5.41) is 19.7. The van der Waals surface area contributed by atoms with E-state index < -0.39 is 0 Å². The molecule has 0 amide bonds. The number of halogens is 1. The van der Waals surface area contributed by atoms with Gasteiger partial charge in [-0.25, -0.2) is 4.98 Å². The third-order valence-electron chi connectivity index (χ3n) is 4.27. The number of aliphatic hydroxyl groups is 1. The normalized spacial score (nSPS) is 11.3.